The molecule has 1 aliphatic carbocycles. The van der Waals surface area contributed by atoms with Crippen LogP contribution in [0.4, 0.5) is 0 Å². The van der Waals surface area contributed by atoms with E-state index in [1.54, 1.807) is 18.5 Å². The molecule has 2 heterocycles. The molecule has 1 aromatic carbocycles. The first-order valence-corrected chi connectivity index (χ1v) is 6.39. The summed E-state index contributed by atoms with van der Waals surface area (Å²) in [6, 6.07) is 5.44. The van der Waals surface area contributed by atoms with Gasteiger partial charge in [0, 0.05) is 16.6 Å². The fourth-order valence-electron chi connectivity index (χ4n) is 2.88. The Labute approximate surface area is 110 Å². The quantitative estimate of drug-likeness (QED) is 0.668. The fraction of sp³-hybridized carbons (Fsp3) is 0.200. The molecule has 4 heteroatoms. The van der Waals surface area contributed by atoms with Crippen LogP contribution in [0.1, 0.15) is 18.2 Å². The Hall–Kier alpha value is -2.36. The van der Waals surface area contributed by atoms with E-state index in [4.69, 9.17) is 0 Å². The highest BCUT2D eigenvalue weighted by Crippen LogP contribution is 2.33. The SMILES string of the molecule is CC1C=Cc2c(n3cnnc3c3cc(O)ccc23)C1. The Balaban J connectivity index is 2.24. The van der Waals surface area contributed by atoms with Gasteiger partial charge in [-0.25, -0.2) is 0 Å². The molecule has 0 bridgehead atoms. The second-order valence-electron chi connectivity index (χ2n) is 5.16. The lowest BCUT2D eigenvalue weighted by atomic mass is 9.91. The standard InChI is InChI=1S/C15H13N3O/c1-9-2-4-12-11-5-3-10(19)7-13(11)15-17-16-8-18(15)14(12)6-9/h2-5,7-9,19H,6H2,1H3. The third-order valence-corrected chi connectivity index (χ3v) is 3.79. The Morgan fingerprint density at radius 3 is 3.11 bits per heavy atom. The number of phenolic OH excluding ortho intramolecular Hbond substituents is 1. The molecule has 3 aromatic rings. The number of allylic oxidation sites excluding steroid dienone is 1. The number of nitrogens with zero attached hydrogens (tertiary/aromatic N) is 3. The van der Waals surface area contributed by atoms with Crippen molar-refractivity contribution in [3.8, 4) is 5.75 Å². The molecule has 4 rings (SSSR count). The minimum Gasteiger partial charge on any atom is -0.508 e. The van der Waals surface area contributed by atoms with Crippen molar-refractivity contribution < 1.29 is 5.11 Å². The summed E-state index contributed by atoms with van der Waals surface area (Å²) in [6.07, 6.45) is 7.13. The van der Waals surface area contributed by atoms with E-state index in [0.717, 1.165) is 22.8 Å². The molecule has 0 fully saturated rings. The summed E-state index contributed by atoms with van der Waals surface area (Å²) in [5.41, 5.74) is 3.26. The van der Waals surface area contributed by atoms with Crippen LogP contribution in [0.2, 0.25) is 0 Å². The molecular weight excluding hydrogens is 238 g/mol. The largest absolute Gasteiger partial charge is 0.508 e. The maximum absolute atomic E-state index is 9.70. The summed E-state index contributed by atoms with van der Waals surface area (Å²) in [6.45, 7) is 2.21. The number of benzene rings is 1. The van der Waals surface area contributed by atoms with Crippen LogP contribution in [0.15, 0.2) is 30.6 Å². The van der Waals surface area contributed by atoms with Gasteiger partial charge in [-0.15, -0.1) is 10.2 Å². The van der Waals surface area contributed by atoms with Crippen molar-refractivity contribution in [3.63, 3.8) is 0 Å². The van der Waals surface area contributed by atoms with Crippen molar-refractivity contribution in [1.29, 1.82) is 0 Å². The highest BCUT2D eigenvalue weighted by Gasteiger charge is 2.18. The van der Waals surface area contributed by atoms with Crippen LogP contribution in [-0.4, -0.2) is 19.7 Å². The summed E-state index contributed by atoms with van der Waals surface area (Å²) < 4.78 is 2.04. The van der Waals surface area contributed by atoms with E-state index in [-0.39, 0.29) is 5.75 Å². The molecule has 0 saturated carbocycles. The van der Waals surface area contributed by atoms with E-state index < -0.39 is 0 Å². The van der Waals surface area contributed by atoms with Gasteiger partial charge in [-0.1, -0.05) is 19.1 Å². The minimum absolute atomic E-state index is 0.255. The fourth-order valence-corrected chi connectivity index (χ4v) is 2.88. The molecular formula is C15H13N3O. The van der Waals surface area contributed by atoms with Gasteiger partial charge in [0.25, 0.3) is 0 Å². The van der Waals surface area contributed by atoms with Crippen molar-refractivity contribution in [2.24, 2.45) is 5.92 Å². The zero-order valence-corrected chi connectivity index (χ0v) is 10.5. The van der Waals surface area contributed by atoms with Crippen molar-refractivity contribution in [1.82, 2.24) is 14.6 Å². The second kappa shape index (κ2) is 3.57. The number of fused-ring (bicyclic) bond motifs is 6. The molecule has 1 atom stereocenters. The molecule has 2 aromatic heterocycles. The number of pyridine rings is 1. The minimum atomic E-state index is 0.255. The number of phenols is 1. The first kappa shape index (κ1) is 10.6. The first-order valence-electron chi connectivity index (χ1n) is 6.39. The topological polar surface area (TPSA) is 50.4 Å². The summed E-state index contributed by atoms with van der Waals surface area (Å²) in [4.78, 5) is 0. The van der Waals surface area contributed by atoms with Crippen LogP contribution in [0.5, 0.6) is 5.75 Å². The third-order valence-electron chi connectivity index (χ3n) is 3.79. The molecule has 1 unspecified atom stereocenters. The molecule has 94 valence electrons. The van der Waals surface area contributed by atoms with Crippen molar-refractivity contribution >= 4 is 22.5 Å². The maximum Gasteiger partial charge on any atom is 0.168 e. The van der Waals surface area contributed by atoms with Gasteiger partial charge in [0.15, 0.2) is 5.65 Å². The van der Waals surface area contributed by atoms with E-state index in [9.17, 15) is 5.11 Å². The molecule has 1 N–H and O–H groups in total. The number of aromatic nitrogens is 3. The summed E-state index contributed by atoms with van der Waals surface area (Å²) in [5, 5.41) is 20.0. The second-order valence-corrected chi connectivity index (χ2v) is 5.16. The number of rotatable bonds is 0. The van der Waals surface area contributed by atoms with Gasteiger partial charge in [-0.2, -0.15) is 0 Å². The molecule has 19 heavy (non-hydrogen) atoms. The smallest absolute Gasteiger partial charge is 0.168 e. The molecule has 0 aliphatic heterocycles. The molecule has 4 nitrogen and oxygen atoms in total. The van der Waals surface area contributed by atoms with Crippen LogP contribution in [-0.2, 0) is 6.42 Å². The molecule has 0 saturated heterocycles. The van der Waals surface area contributed by atoms with Gasteiger partial charge in [0.1, 0.15) is 12.1 Å². The average Bonchev–Trinajstić information content (AvgIpc) is 2.88. The lowest BCUT2D eigenvalue weighted by Gasteiger charge is -2.19. The van der Waals surface area contributed by atoms with E-state index in [1.165, 1.54) is 11.3 Å². The monoisotopic (exact) mass is 251 g/mol. The predicted molar refractivity (Wildman–Crippen MR) is 74.1 cm³/mol. The Morgan fingerprint density at radius 2 is 2.21 bits per heavy atom. The van der Waals surface area contributed by atoms with Crippen molar-refractivity contribution in [3.05, 3.63) is 41.9 Å². The van der Waals surface area contributed by atoms with Crippen LogP contribution in [0.25, 0.3) is 22.5 Å². The normalized spacial score (nSPS) is 18.1. The van der Waals surface area contributed by atoms with Crippen LogP contribution in [0.3, 0.4) is 0 Å². The molecule has 0 amide bonds. The lowest BCUT2D eigenvalue weighted by molar-refractivity contribution is 0.476. The first-order chi connectivity index (χ1) is 9.24. The van der Waals surface area contributed by atoms with Gasteiger partial charge < -0.3 is 5.11 Å². The van der Waals surface area contributed by atoms with Crippen molar-refractivity contribution in [2.45, 2.75) is 13.3 Å². The van der Waals surface area contributed by atoms with Crippen molar-refractivity contribution in [2.75, 3.05) is 0 Å². The zero-order valence-electron chi connectivity index (χ0n) is 10.5. The van der Waals surface area contributed by atoms with Gasteiger partial charge in [0.2, 0.25) is 0 Å². The Kier molecular flexibility index (Phi) is 1.98. The van der Waals surface area contributed by atoms with Gasteiger partial charge in [0.05, 0.1) is 0 Å². The zero-order chi connectivity index (χ0) is 13.0. The molecule has 1 aliphatic rings. The summed E-state index contributed by atoms with van der Waals surface area (Å²) >= 11 is 0. The van der Waals surface area contributed by atoms with E-state index >= 15 is 0 Å². The van der Waals surface area contributed by atoms with Crippen LogP contribution in [0, 0.1) is 5.92 Å². The average molecular weight is 251 g/mol. The van der Waals surface area contributed by atoms with E-state index in [0.29, 0.717) is 5.92 Å². The Bertz CT molecular complexity index is 832. The molecule has 0 spiro atoms. The lowest BCUT2D eigenvalue weighted by Crippen LogP contribution is -2.09. The van der Waals surface area contributed by atoms with Gasteiger partial charge in [-0.3, -0.25) is 4.40 Å². The summed E-state index contributed by atoms with van der Waals surface area (Å²) in [5.74, 6) is 0.776. The molecule has 0 radical (unpaired) electrons. The summed E-state index contributed by atoms with van der Waals surface area (Å²) in [7, 11) is 0. The Morgan fingerprint density at radius 1 is 1.32 bits per heavy atom. The number of hydrogen-bond donors (Lipinski definition) is 1. The predicted octanol–water partition coefficient (Wildman–Crippen LogP) is 2.79. The highest BCUT2D eigenvalue weighted by molar-refractivity contribution is 6.00. The van der Waals surface area contributed by atoms with Crippen LogP contribution < -0.4 is 0 Å². The maximum atomic E-state index is 9.70. The van der Waals surface area contributed by atoms with Gasteiger partial charge >= 0.3 is 0 Å². The van der Waals surface area contributed by atoms with Crippen LogP contribution >= 0.6 is 0 Å². The third kappa shape index (κ3) is 1.40. The van der Waals surface area contributed by atoms with E-state index in [1.807, 2.05) is 10.5 Å². The number of hydrogen-bond acceptors (Lipinski definition) is 3. The number of aromatic hydroxyl groups is 1. The highest BCUT2D eigenvalue weighted by atomic mass is 16.3. The van der Waals surface area contributed by atoms with Gasteiger partial charge in [-0.05, 0) is 35.9 Å². The van der Waals surface area contributed by atoms with E-state index in [2.05, 4.69) is 29.3 Å².